The Kier molecular flexibility index (Phi) is 4.99. The lowest BCUT2D eigenvalue weighted by Crippen LogP contribution is -2.31. The minimum atomic E-state index is -0.178. The third-order valence-corrected chi connectivity index (χ3v) is 4.49. The van der Waals surface area contributed by atoms with Gasteiger partial charge in [-0.1, -0.05) is 6.07 Å². The van der Waals surface area contributed by atoms with Crippen LogP contribution in [0.15, 0.2) is 42.9 Å². The first-order valence-corrected chi connectivity index (χ1v) is 8.98. The lowest BCUT2D eigenvalue weighted by Gasteiger charge is -2.26. The zero-order valence-corrected chi connectivity index (χ0v) is 14.8. The van der Waals surface area contributed by atoms with E-state index in [4.69, 9.17) is 0 Å². The maximum absolute atomic E-state index is 12.5. The molecule has 0 atom stereocenters. The Balaban J connectivity index is 1.41. The molecule has 2 aromatic heterocycles. The van der Waals surface area contributed by atoms with Gasteiger partial charge in [-0.2, -0.15) is 0 Å². The number of tetrazole rings is 1. The normalized spacial score (nSPS) is 14.1. The Morgan fingerprint density at radius 3 is 2.85 bits per heavy atom. The van der Waals surface area contributed by atoms with Gasteiger partial charge in [0.2, 0.25) is 5.95 Å². The number of carbonyl (C=O) groups excluding carboxylic acids is 1. The number of carbonyl (C=O) groups is 1. The second-order valence-electron chi connectivity index (χ2n) is 6.38. The quantitative estimate of drug-likeness (QED) is 0.729. The summed E-state index contributed by atoms with van der Waals surface area (Å²) < 4.78 is 1.51. The van der Waals surface area contributed by atoms with Crippen LogP contribution in [0.5, 0.6) is 0 Å². The topological polar surface area (TPSA) is 102 Å². The van der Waals surface area contributed by atoms with Crippen molar-refractivity contribution in [2.75, 3.05) is 18.0 Å². The van der Waals surface area contributed by atoms with Crippen LogP contribution in [-0.4, -0.2) is 49.2 Å². The van der Waals surface area contributed by atoms with Gasteiger partial charge in [0.25, 0.3) is 5.91 Å². The maximum atomic E-state index is 12.5. The molecule has 0 saturated carbocycles. The highest BCUT2D eigenvalue weighted by Gasteiger charge is 2.14. The maximum Gasteiger partial charge on any atom is 0.251 e. The van der Waals surface area contributed by atoms with Crippen LogP contribution in [0.3, 0.4) is 0 Å². The summed E-state index contributed by atoms with van der Waals surface area (Å²) in [5.74, 6) is 0.560. The predicted molar refractivity (Wildman–Crippen MR) is 98.4 cm³/mol. The molecule has 138 valence electrons. The van der Waals surface area contributed by atoms with E-state index in [1.807, 2.05) is 12.1 Å². The fourth-order valence-electron chi connectivity index (χ4n) is 3.07. The summed E-state index contributed by atoms with van der Waals surface area (Å²) in [6.45, 7) is 2.32. The Hall–Kier alpha value is -3.36. The summed E-state index contributed by atoms with van der Waals surface area (Å²) in [7, 11) is 0. The molecular weight excluding hydrogens is 344 g/mol. The highest BCUT2D eigenvalue weighted by molar-refractivity contribution is 5.94. The standard InChI is InChI=1S/C18H20N8O/c27-17(14-5-4-6-16(11-14)26-13-21-23-24-26)20-12-15-7-8-19-18(22-15)25-9-2-1-3-10-25/h4-8,11,13H,1-3,9-10,12H2,(H,20,27). The Bertz CT molecular complexity index is 905. The molecule has 3 aromatic rings. The molecule has 1 N–H and O–H groups in total. The molecule has 4 rings (SSSR count). The highest BCUT2D eigenvalue weighted by Crippen LogP contribution is 2.15. The zero-order chi connectivity index (χ0) is 18.5. The third kappa shape index (κ3) is 4.08. The molecule has 0 bridgehead atoms. The molecule has 3 heterocycles. The van der Waals surface area contributed by atoms with Gasteiger partial charge < -0.3 is 10.2 Å². The molecule has 27 heavy (non-hydrogen) atoms. The average Bonchev–Trinajstić information content (AvgIpc) is 3.28. The molecule has 0 radical (unpaired) electrons. The number of piperidine rings is 1. The van der Waals surface area contributed by atoms with E-state index in [0.717, 1.165) is 30.4 Å². The van der Waals surface area contributed by atoms with Crippen molar-refractivity contribution in [3.8, 4) is 5.69 Å². The van der Waals surface area contributed by atoms with Crippen molar-refractivity contribution in [3.63, 3.8) is 0 Å². The number of amides is 1. The molecule has 1 amide bonds. The van der Waals surface area contributed by atoms with E-state index >= 15 is 0 Å². The summed E-state index contributed by atoms with van der Waals surface area (Å²) in [5.41, 5.74) is 2.05. The smallest absolute Gasteiger partial charge is 0.251 e. The van der Waals surface area contributed by atoms with Crippen molar-refractivity contribution in [2.45, 2.75) is 25.8 Å². The van der Waals surface area contributed by atoms with E-state index in [1.165, 1.54) is 30.3 Å². The van der Waals surface area contributed by atoms with Gasteiger partial charge in [-0.3, -0.25) is 4.79 Å². The number of hydrogen-bond acceptors (Lipinski definition) is 7. The molecule has 1 fully saturated rings. The van der Waals surface area contributed by atoms with Crippen LogP contribution in [0.2, 0.25) is 0 Å². The summed E-state index contributed by atoms with van der Waals surface area (Å²) in [4.78, 5) is 23.7. The van der Waals surface area contributed by atoms with Gasteiger partial charge in [0, 0.05) is 24.8 Å². The van der Waals surface area contributed by atoms with Gasteiger partial charge in [-0.25, -0.2) is 14.6 Å². The summed E-state index contributed by atoms with van der Waals surface area (Å²) >= 11 is 0. The van der Waals surface area contributed by atoms with Crippen LogP contribution >= 0.6 is 0 Å². The van der Waals surface area contributed by atoms with Crippen LogP contribution in [0.4, 0.5) is 5.95 Å². The number of nitrogens with zero attached hydrogens (tertiary/aromatic N) is 7. The van der Waals surface area contributed by atoms with Gasteiger partial charge in [-0.05, 0) is 54.0 Å². The second kappa shape index (κ2) is 7.90. The van der Waals surface area contributed by atoms with Crippen molar-refractivity contribution in [1.29, 1.82) is 0 Å². The lowest BCUT2D eigenvalue weighted by atomic mass is 10.1. The fourth-order valence-corrected chi connectivity index (χ4v) is 3.07. The molecule has 1 aromatic carbocycles. The first kappa shape index (κ1) is 17.1. The zero-order valence-electron chi connectivity index (χ0n) is 14.8. The minimum Gasteiger partial charge on any atom is -0.346 e. The van der Waals surface area contributed by atoms with E-state index in [1.54, 1.807) is 24.4 Å². The van der Waals surface area contributed by atoms with Crippen LogP contribution in [0.1, 0.15) is 35.3 Å². The molecular formula is C18H20N8O. The average molecular weight is 364 g/mol. The SMILES string of the molecule is O=C(NCc1ccnc(N2CCCCC2)n1)c1cccc(-n2cnnn2)c1. The van der Waals surface area contributed by atoms with E-state index in [0.29, 0.717) is 12.1 Å². The Morgan fingerprint density at radius 2 is 2.04 bits per heavy atom. The molecule has 1 saturated heterocycles. The van der Waals surface area contributed by atoms with Crippen LogP contribution < -0.4 is 10.2 Å². The Labute approximate surface area is 156 Å². The van der Waals surface area contributed by atoms with Gasteiger partial charge in [0.1, 0.15) is 6.33 Å². The van der Waals surface area contributed by atoms with Crippen molar-refractivity contribution in [3.05, 3.63) is 54.1 Å². The van der Waals surface area contributed by atoms with Crippen molar-refractivity contribution in [1.82, 2.24) is 35.5 Å². The predicted octanol–water partition coefficient (Wildman–Crippen LogP) is 1.37. The number of rotatable bonds is 5. The lowest BCUT2D eigenvalue weighted by molar-refractivity contribution is 0.0950. The van der Waals surface area contributed by atoms with Gasteiger partial charge in [-0.15, -0.1) is 5.10 Å². The van der Waals surface area contributed by atoms with E-state index in [-0.39, 0.29) is 5.91 Å². The number of anilines is 1. The third-order valence-electron chi connectivity index (χ3n) is 4.49. The summed E-state index contributed by atoms with van der Waals surface area (Å²) in [5, 5.41) is 14.0. The number of nitrogens with one attached hydrogen (secondary N) is 1. The summed E-state index contributed by atoms with van der Waals surface area (Å²) in [6, 6.07) is 8.95. The number of hydrogen-bond donors (Lipinski definition) is 1. The number of aromatic nitrogens is 6. The molecule has 1 aliphatic heterocycles. The summed E-state index contributed by atoms with van der Waals surface area (Å²) in [6.07, 6.45) is 6.83. The highest BCUT2D eigenvalue weighted by atomic mass is 16.1. The van der Waals surface area contributed by atoms with Crippen LogP contribution in [0.25, 0.3) is 5.69 Å². The van der Waals surface area contributed by atoms with Gasteiger partial charge >= 0.3 is 0 Å². The van der Waals surface area contributed by atoms with Crippen LogP contribution in [-0.2, 0) is 6.54 Å². The van der Waals surface area contributed by atoms with E-state index in [9.17, 15) is 4.79 Å². The molecule has 9 heteroatoms. The van der Waals surface area contributed by atoms with E-state index < -0.39 is 0 Å². The largest absolute Gasteiger partial charge is 0.346 e. The van der Waals surface area contributed by atoms with Crippen molar-refractivity contribution in [2.24, 2.45) is 0 Å². The molecule has 0 spiro atoms. The molecule has 0 unspecified atom stereocenters. The minimum absolute atomic E-state index is 0.178. The number of benzene rings is 1. The monoisotopic (exact) mass is 364 g/mol. The second-order valence-corrected chi connectivity index (χ2v) is 6.38. The van der Waals surface area contributed by atoms with Crippen molar-refractivity contribution < 1.29 is 4.79 Å². The van der Waals surface area contributed by atoms with E-state index in [2.05, 4.69) is 35.7 Å². The van der Waals surface area contributed by atoms with Crippen LogP contribution in [0, 0.1) is 0 Å². The fraction of sp³-hybridized carbons (Fsp3) is 0.333. The first-order valence-electron chi connectivity index (χ1n) is 8.98. The van der Waals surface area contributed by atoms with Gasteiger partial charge in [0.05, 0.1) is 17.9 Å². The first-order chi connectivity index (χ1) is 13.3. The molecule has 1 aliphatic rings. The van der Waals surface area contributed by atoms with Gasteiger partial charge in [0.15, 0.2) is 0 Å². The van der Waals surface area contributed by atoms with Crippen molar-refractivity contribution >= 4 is 11.9 Å². The molecule has 0 aliphatic carbocycles. The molecule has 9 nitrogen and oxygen atoms in total. The Morgan fingerprint density at radius 1 is 1.15 bits per heavy atom.